The van der Waals surface area contributed by atoms with Crippen LogP contribution >= 0.6 is 0 Å². The Morgan fingerprint density at radius 2 is 2.21 bits per heavy atom. The van der Waals surface area contributed by atoms with E-state index in [1.165, 1.54) is 0 Å². The van der Waals surface area contributed by atoms with Gasteiger partial charge in [0.15, 0.2) is 0 Å². The van der Waals surface area contributed by atoms with Crippen molar-refractivity contribution in [2.75, 3.05) is 13.1 Å². The fourth-order valence-corrected chi connectivity index (χ4v) is 1.54. The molecule has 0 unspecified atom stereocenters. The standard InChI is InChI=1S/C9H15N3O2/c1-7-9(12-14-11-7)6-13-8-2-4-10-5-3-8/h8,10H,2-6H2,1H3. The van der Waals surface area contributed by atoms with Crippen LogP contribution in [0.25, 0.3) is 0 Å². The van der Waals surface area contributed by atoms with Gasteiger partial charge in [0.05, 0.1) is 12.7 Å². The number of aryl methyl sites for hydroxylation is 1. The van der Waals surface area contributed by atoms with E-state index in [2.05, 4.69) is 20.3 Å². The minimum atomic E-state index is 0.354. The molecule has 0 aliphatic carbocycles. The first-order valence-corrected chi connectivity index (χ1v) is 4.96. The second-order valence-electron chi connectivity index (χ2n) is 3.56. The molecule has 14 heavy (non-hydrogen) atoms. The van der Waals surface area contributed by atoms with E-state index in [0.717, 1.165) is 37.3 Å². The van der Waals surface area contributed by atoms with Crippen molar-refractivity contribution in [2.45, 2.75) is 32.5 Å². The molecular formula is C9H15N3O2. The SMILES string of the molecule is Cc1nonc1COC1CCNCC1. The quantitative estimate of drug-likeness (QED) is 0.770. The van der Waals surface area contributed by atoms with Crippen LogP contribution in [0.2, 0.25) is 0 Å². The normalized spacial score (nSPS) is 18.6. The Balaban J connectivity index is 1.79. The van der Waals surface area contributed by atoms with Gasteiger partial charge in [-0.05, 0) is 32.9 Å². The molecule has 1 aliphatic heterocycles. The molecule has 1 aliphatic rings. The monoisotopic (exact) mass is 197 g/mol. The number of nitrogens with one attached hydrogen (secondary N) is 1. The number of ether oxygens (including phenoxy) is 1. The molecule has 78 valence electrons. The summed E-state index contributed by atoms with van der Waals surface area (Å²) in [5, 5.41) is 10.8. The first-order valence-electron chi connectivity index (χ1n) is 4.96. The largest absolute Gasteiger partial charge is 0.372 e. The smallest absolute Gasteiger partial charge is 0.133 e. The van der Waals surface area contributed by atoms with Gasteiger partial charge in [0.1, 0.15) is 11.4 Å². The van der Waals surface area contributed by atoms with E-state index in [9.17, 15) is 0 Å². The van der Waals surface area contributed by atoms with Crippen LogP contribution in [0, 0.1) is 6.92 Å². The van der Waals surface area contributed by atoms with Crippen LogP contribution in [-0.4, -0.2) is 29.5 Å². The highest BCUT2D eigenvalue weighted by molar-refractivity contribution is 5.02. The molecule has 0 spiro atoms. The van der Waals surface area contributed by atoms with Crippen molar-refractivity contribution in [1.82, 2.24) is 15.6 Å². The number of aromatic nitrogens is 2. The average Bonchev–Trinajstić information content (AvgIpc) is 2.63. The molecule has 1 fully saturated rings. The van der Waals surface area contributed by atoms with Gasteiger partial charge < -0.3 is 10.1 Å². The van der Waals surface area contributed by atoms with Crippen molar-refractivity contribution in [3.63, 3.8) is 0 Å². The predicted octanol–water partition coefficient (Wildman–Crippen LogP) is 0.647. The van der Waals surface area contributed by atoms with Gasteiger partial charge in [0.25, 0.3) is 0 Å². The summed E-state index contributed by atoms with van der Waals surface area (Å²) in [4.78, 5) is 0. The third kappa shape index (κ3) is 2.30. The molecule has 0 bridgehead atoms. The highest BCUT2D eigenvalue weighted by Gasteiger charge is 2.14. The predicted molar refractivity (Wildman–Crippen MR) is 49.7 cm³/mol. The molecule has 5 heteroatoms. The Bertz CT molecular complexity index is 281. The minimum Gasteiger partial charge on any atom is -0.372 e. The number of hydrogen-bond donors (Lipinski definition) is 1. The van der Waals surface area contributed by atoms with E-state index >= 15 is 0 Å². The van der Waals surface area contributed by atoms with Crippen molar-refractivity contribution < 1.29 is 9.37 Å². The molecular weight excluding hydrogens is 182 g/mol. The van der Waals surface area contributed by atoms with E-state index < -0.39 is 0 Å². The zero-order chi connectivity index (χ0) is 9.80. The molecule has 2 heterocycles. The van der Waals surface area contributed by atoms with E-state index in [1.54, 1.807) is 0 Å². The minimum absolute atomic E-state index is 0.354. The summed E-state index contributed by atoms with van der Waals surface area (Å²) in [6.07, 6.45) is 2.50. The first-order chi connectivity index (χ1) is 6.86. The fourth-order valence-electron chi connectivity index (χ4n) is 1.54. The molecule has 2 rings (SSSR count). The lowest BCUT2D eigenvalue weighted by Gasteiger charge is -2.22. The fraction of sp³-hybridized carbons (Fsp3) is 0.778. The first kappa shape index (κ1) is 9.61. The van der Waals surface area contributed by atoms with Crippen molar-refractivity contribution in [2.24, 2.45) is 0 Å². The second kappa shape index (κ2) is 4.52. The highest BCUT2D eigenvalue weighted by atomic mass is 16.6. The van der Waals surface area contributed by atoms with E-state index in [-0.39, 0.29) is 0 Å². The summed E-state index contributed by atoms with van der Waals surface area (Å²) < 4.78 is 10.3. The van der Waals surface area contributed by atoms with Gasteiger partial charge in [-0.1, -0.05) is 10.3 Å². The van der Waals surface area contributed by atoms with Crippen molar-refractivity contribution in [3.05, 3.63) is 11.4 Å². The number of hydrogen-bond acceptors (Lipinski definition) is 5. The molecule has 1 saturated heterocycles. The maximum Gasteiger partial charge on any atom is 0.133 e. The van der Waals surface area contributed by atoms with Gasteiger partial charge in [0, 0.05) is 0 Å². The molecule has 1 aromatic rings. The lowest BCUT2D eigenvalue weighted by Crippen LogP contribution is -2.32. The van der Waals surface area contributed by atoms with Gasteiger partial charge in [0.2, 0.25) is 0 Å². The van der Waals surface area contributed by atoms with Crippen LogP contribution in [0.3, 0.4) is 0 Å². The lowest BCUT2D eigenvalue weighted by atomic mass is 10.1. The molecule has 1 N–H and O–H groups in total. The summed E-state index contributed by atoms with van der Waals surface area (Å²) in [5.41, 5.74) is 1.63. The maximum atomic E-state index is 5.71. The van der Waals surface area contributed by atoms with Crippen LogP contribution in [0.15, 0.2) is 4.63 Å². The van der Waals surface area contributed by atoms with Crippen molar-refractivity contribution in [3.8, 4) is 0 Å². The van der Waals surface area contributed by atoms with Gasteiger partial charge in [-0.2, -0.15) is 0 Å². The summed E-state index contributed by atoms with van der Waals surface area (Å²) in [7, 11) is 0. The second-order valence-corrected chi connectivity index (χ2v) is 3.56. The molecule has 5 nitrogen and oxygen atoms in total. The summed E-state index contributed by atoms with van der Waals surface area (Å²) in [6.45, 7) is 4.47. The third-order valence-corrected chi connectivity index (χ3v) is 2.49. The van der Waals surface area contributed by atoms with Crippen LogP contribution in [0.1, 0.15) is 24.2 Å². The van der Waals surface area contributed by atoms with Crippen LogP contribution in [-0.2, 0) is 11.3 Å². The van der Waals surface area contributed by atoms with Crippen LogP contribution < -0.4 is 5.32 Å². The Morgan fingerprint density at radius 1 is 1.43 bits per heavy atom. The van der Waals surface area contributed by atoms with Crippen LogP contribution in [0.4, 0.5) is 0 Å². The number of nitrogens with zero attached hydrogens (tertiary/aromatic N) is 2. The zero-order valence-electron chi connectivity index (χ0n) is 8.32. The number of rotatable bonds is 3. The van der Waals surface area contributed by atoms with Gasteiger partial charge in [-0.15, -0.1) is 0 Å². The molecule has 0 saturated carbocycles. The molecule has 1 aromatic heterocycles. The lowest BCUT2D eigenvalue weighted by molar-refractivity contribution is 0.0182. The topological polar surface area (TPSA) is 60.2 Å². The summed E-state index contributed by atoms with van der Waals surface area (Å²) in [6, 6.07) is 0. The van der Waals surface area contributed by atoms with Gasteiger partial charge in [-0.3, -0.25) is 0 Å². The molecule has 0 radical (unpaired) electrons. The Hall–Kier alpha value is -0.940. The number of piperidine rings is 1. The molecule has 0 atom stereocenters. The highest BCUT2D eigenvalue weighted by Crippen LogP contribution is 2.11. The molecule has 0 aromatic carbocycles. The van der Waals surface area contributed by atoms with Crippen LogP contribution in [0.5, 0.6) is 0 Å². The average molecular weight is 197 g/mol. The maximum absolute atomic E-state index is 5.71. The van der Waals surface area contributed by atoms with E-state index in [0.29, 0.717) is 12.7 Å². The molecule has 0 amide bonds. The summed E-state index contributed by atoms with van der Waals surface area (Å²) in [5.74, 6) is 0. The zero-order valence-corrected chi connectivity index (χ0v) is 8.32. The van der Waals surface area contributed by atoms with E-state index in [4.69, 9.17) is 4.74 Å². The van der Waals surface area contributed by atoms with Crippen molar-refractivity contribution >= 4 is 0 Å². The Morgan fingerprint density at radius 3 is 2.86 bits per heavy atom. The Labute approximate surface area is 82.8 Å². The van der Waals surface area contributed by atoms with Gasteiger partial charge in [-0.25, -0.2) is 4.63 Å². The Kier molecular flexibility index (Phi) is 3.10. The summed E-state index contributed by atoms with van der Waals surface area (Å²) >= 11 is 0. The van der Waals surface area contributed by atoms with E-state index in [1.807, 2.05) is 6.92 Å². The van der Waals surface area contributed by atoms with Gasteiger partial charge >= 0.3 is 0 Å². The third-order valence-electron chi connectivity index (χ3n) is 2.49. The van der Waals surface area contributed by atoms with Crippen molar-refractivity contribution in [1.29, 1.82) is 0 Å².